The van der Waals surface area contributed by atoms with E-state index in [2.05, 4.69) is 35.3 Å². The van der Waals surface area contributed by atoms with Gasteiger partial charge in [0.2, 0.25) is 5.91 Å². The first kappa shape index (κ1) is 19.6. The number of nitrogens with one attached hydrogen (secondary N) is 1. The van der Waals surface area contributed by atoms with Crippen LogP contribution in [0.25, 0.3) is 0 Å². The summed E-state index contributed by atoms with van der Waals surface area (Å²) in [6, 6.07) is 14.4. The summed E-state index contributed by atoms with van der Waals surface area (Å²) < 4.78 is 12.1. The molecule has 1 aliphatic carbocycles. The molecule has 2 unspecified atom stereocenters. The van der Waals surface area contributed by atoms with E-state index in [1.165, 1.54) is 31.0 Å². The molecule has 2 aromatic carbocycles. The Morgan fingerprint density at radius 1 is 1.03 bits per heavy atom. The fraction of sp³-hybridized carbons (Fsp3) is 0.458. The highest BCUT2D eigenvalue weighted by molar-refractivity contribution is 5.73. The third-order valence-corrected chi connectivity index (χ3v) is 5.58. The first-order valence-corrected chi connectivity index (χ1v) is 10.5. The summed E-state index contributed by atoms with van der Waals surface area (Å²) in [5.41, 5.74) is 3.59. The van der Waals surface area contributed by atoms with Crippen LogP contribution >= 0.6 is 0 Å². The second-order valence-electron chi connectivity index (χ2n) is 8.23. The zero-order valence-electron chi connectivity index (χ0n) is 17.5. The lowest BCUT2D eigenvalue weighted by Crippen LogP contribution is -2.25. The van der Waals surface area contributed by atoms with Crippen LogP contribution in [0.15, 0.2) is 42.5 Å². The molecule has 1 N–H and O–H groups in total. The van der Waals surface area contributed by atoms with Crippen LogP contribution in [0.1, 0.15) is 50.3 Å². The fourth-order valence-electron chi connectivity index (χ4n) is 3.89. The molecule has 1 heterocycles. The molecular weight excluding hydrogens is 364 g/mol. The van der Waals surface area contributed by atoms with Crippen LogP contribution in [0.3, 0.4) is 0 Å². The molecule has 1 aliphatic heterocycles. The van der Waals surface area contributed by atoms with Gasteiger partial charge in [-0.1, -0.05) is 12.1 Å². The lowest BCUT2D eigenvalue weighted by atomic mass is 10.1. The van der Waals surface area contributed by atoms with Crippen molar-refractivity contribution >= 4 is 11.6 Å². The van der Waals surface area contributed by atoms with E-state index in [0.29, 0.717) is 6.10 Å². The minimum absolute atomic E-state index is 0.00152. The van der Waals surface area contributed by atoms with E-state index in [-0.39, 0.29) is 18.1 Å². The van der Waals surface area contributed by atoms with Gasteiger partial charge < -0.3 is 19.7 Å². The highest BCUT2D eigenvalue weighted by Gasteiger charge is 2.26. The molecule has 1 saturated carbocycles. The largest absolute Gasteiger partial charge is 0.490 e. The van der Waals surface area contributed by atoms with E-state index in [4.69, 9.17) is 9.47 Å². The third kappa shape index (κ3) is 5.03. The van der Waals surface area contributed by atoms with Crippen molar-refractivity contribution in [3.8, 4) is 11.5 Å². The Kier molecular flexibility index (Phi) is 5.65. The molecule has 0 aromatic heterocycles. The summed E-state index contributed by atoms with van der Waals surface area (Å²) in [7, 11) is 0. The Hall–Kier alpha value is -2.69. The predicted molar refractivity (Wildman–Crippen MR) is 115 cm³/mol. The van der Waals surface area contributed by atoms with Crippen molar-refractivity contribution in [1.29, 1.82) is 0 Å². The van der Waals surface area contributed by atoms with Gasteiger partial charge in [-0.2, -0.15) is 0 Å². The Morgan fingerprint density at radius 3 is 2.38 bits per heavy atom. The summed E-state index contributed by atoms with van der Waals surface area (Å²) in [4.78, 5) is 13.6. The van der Waals surface area contributed by atoms with Crippen LogP contribution in [-0.2, 0) is 4.79 Å². The fourth-order valence-corrected chi connectivity index (χ4v) is 3.89. The molecule has 5 heteroatoms. The van der Waals surface area contributed by atoms with Crippen LogP contribution < -0.4 is 19.7 Å². The summed E-state index contributed by atoms with van der Waals surface area (Å²) in [6.45, 7) is 7.54. The molecule has 2 aromatic rings. The van der Waals surface area contributed by atoms with Crippen LogP contribution in [0.2, 0.25) is 0 Å². The van der Waals surface area contributed by atoms with Gasteiger partial charge in [-0.3, -0.25) is 4.79 Å². The molecule has 4 rings (SSSR count). The first-order valence-electron chi connectivity index (χ1n) is 10.5. The van der Waals surface area contributed by atoms with Gasteiger partial charge in [0.1, 0.15) is 17.6 Å². The molecular formula is C24H30N2O3. The molecule has 0 spiro atoms. The number of rotatable bonds is 7. The van der Waals surface area contributed by atoms with Gasteiger partial charge in [-0.15, -0.1) is 0 Å². The number of nitrogens with zero attached hydrogens (tertiary/aromatic N) is 1. The molecule has 5 nitrogen and oxygen atoms in total. The Labute approximate surface area is 173 Å². The van der Waals surface area contributed by atoms with Crippen LogP contribution in [-0.4, -0.2) is 31.2 Å². The second-order valence-corrected chi connectivity index (χ2v) is 8.23. The second kappa shape index (κ2) is 8.36. The number of ether oxygens (including phenoxy) is 2. The monoisotopic (exact) mass is 394 g/mol. The normalized spacial score (nSPS) is 19.7. The van der Waals surface area contributed by atoms with Gasteiger partial charge in [-0.25, -0.2) is 0 Å². The minimum Gasteiger partial charge on any atom is -0.490 e. The summed E-state index contributed by atoms with van der Waals surface area (Å²) in [5, 5.41) is 2.90. The number of carbonyl (C=O) groups is 1. The van der Waals surface area contributed by atoms with Gasteiger partial charge in [0.05, 0.1) is 18.7 Å². The number of hydrogen-bond donors (Lipinski definition) is 1. The van der Waals surface area contributed by atoms with E-state index < -0.39 is 0 Å². The Morgan fingerprint density at radius 2 is 1.72 bits per heavy atom. The molecule has 1 saturated heterocycles. The SMILES string of the molecule is CC(=O)NC(C)c1ccc(OC2CCN(c3ccc(OC4CC4)cc3C)C2)cc1. The molecule has 29 heavy (non-hydrogen) atoms. The Balaban J connectivity index is 1.33. The van der Waals surface area contributed by atoms with Gasteiger partial charge in [0.15, 0.2) is 0 Å². The quantitative estimate of drug-likeness (QED) is 0.757. The zero-order chi connectivity index (χ0) is 20.4. The highest BCUT2D eigenvalue weighted by atomic mass is 16.5. The smallest absolute Gasteiger partial charge is 0.217 e. The average Bonchev–Trinajstić information content (AvgIpc) is 3.38. The highest BCUT2D eigenvalue weighted by Crippen LogP contribution is 2.32. The van der Waals surface area contributed by atoms with E-state index in [0.717, 1.165) is 36.6 Å². The zero-order valence-corrected chi connectivity index (χ0v) is 17.5. The van der Waals surface area contributed by atoms with Crippen molar-refractivity contribution in [2.24, 2.45) is 0 Å². The number of anilines is 1. The maximum Gasteiger partial charge on any atom is 0.217 e. The minimum atomic E-state index is -0.0219. The predicted octanol–water partition coefficient (Wildman–Crippen LogP) is 4.39. The summed E-state index contributed by atoms with van der Waals surface area (Å²) >= 11 is 0. The lowest BCUT2D eigenvalue weighted by molar-refractivity contribution is -0.119. The number of amides is 1. The number of hydrogen-bond acceptors (Lipinski definition) is 4. The van der Waals surface area contributed by atoms with E-state index in [1.807, 2.05) is 31.2 Å². The van der Waals surface area contributed by atoms with Crippen molar-refractivity contribution in [3.05, 3.63) is 53.6 Å². The Bertz CT molecular complexity index is 861. The topological polar surface area (TPSA) is 50.8 Å². The number of aryl methyl sites for hydroxylation is 1. The van der Waals surface area contributed by atoms with Crippen LogP contribution in [0.4, 0.5) is 5.69 Å². The molecule has 0 radical (unpaired) electrons. The third-order valence-electron chi connectivity index (χ3n) is 5.58. The van der Waals surface area contributed by atoms with E-state index in [9.17, 15) is 4.79 Å². The van der Waals surface area contributed by atoms with Crippen LogP contribution in [0.5, 0.6) is 11.5 Å². The van der Waals surface area contributed by atoms with Crippen molar-refractivity contribution in [2.75, 3.05) is 18.0 Å². The van der Waals surface area contributed by atoms with Gasteiger partial charge in [0.25, 0.3) is 0 Å². The number of carbonyl (C=O) groups excluding carboxylic acids is 1. The maximum atomic E-state index is 11.2. The lowest BCUT2D eigenvalue weighted by Gasteiger charge is -2.22. The molecule has 1 amide bonds. The molecule has 0 bridgehead atoms. The molecule has 2 atom stereocenters. The van der Waals surface area contributed by atoms with Crippen molar-refractivity contribution in [2.45, 2.75) is 58.3 Å². The van der Waals surface area contributed by atoms with Gasteiger partial charge in [0, 0.05) is 25.6 Å². The van der Waals surface area contributed by atoms with Crippen molar-refractivity contribution < 1.29 is 14.3 Å². The van der Waals surface area contributed by atoms with E-state index >= 15 is 0 Å². The van der Waals surface area contributed by atoms with Gasteiger partial charge >= 0.3 is 0 Å². The average molecular weight is 395 g/mol. The molecule has 2 aliphatic rings. The standard InChI is InChI=1S/C24H30N2O3/c1-16-14-22(28-21-8-9-21)10-11-24(16)26-13-12-23(15-26)29-20-6-4-19(5-7-20)17(2)25-18(3)27/h4-7,10-11,14,17,21,23H,8-9,12-13,15H2,1-3H3,(H,25,27). The molecule has 154 valence electrons. The van der Waals surface area contributed by atoms with Crippen LogP contribution in [0, 0.1) is 6.92 Å². The summed E-state index contributed by atoms with van der Waals surface area (Å²) in [5.74, 6) is 1.83. The van der Waals surface area contributed by atoms with Crippen molar-refractivity contribution in [3.63, 3.8) is 0 Å². The van der Waals surface area contributed by atoms with Crippen molar-refractivity contribution in [1.82, 2.24) is 5.32 Å². The summed E-state index contributed by atoms with van der Waals surface area (Å²) in [6.07, 6.45) is 3.97. The maximum absolute atomic E-state index is 11.2. The molecule has 2 fully saturated rings. The number of benzene rings is 2. The first-order chi connectivity index (χ1) is 14.0. The van der Waals surface area contributed by atoms with E-state index in [1.54, 1.807) is 0 Å². The van der Waals surface area contributed by atoms with Gasteiger partial charge in [-0.05, 0) is 68.1 Å².